The molecular weight excluding hydrogens is 252 g/mol. The Balaban J connectivity index is 2.41. The van der Waals surface area contributed by atoms with E-state index in [2.05, 4.69) is 11.8 Å². The molecule has 0 aromatic rings. The molecule has 1 aliphatic rings. The SMILES string of the molecule is CCN1CCOC(CSC(C)(C)[C@@H](N)C(=O)O)C1. The van der Waals surface area contributed by atoms with Gasteiger partial charge in [0.2, 0.25) is 0 Å². The summed E-state index contributed by atoms with van der Waals surface area (Å²) in [6, 6.07) is -0.853. The van der Waals surface area contributed by atoms with Crippen LogP contribution < -0.4 is 5.73 Å². The third-order valence-electron chi connectivity index (χ3n) is 3.33. The molecule has 1 heterocycles. The van der Waals surface area contributed by atoms with E-state index < -0.39 is 16.8 Å². The van der Waals surface area contributed by atoms with Gasteiger partial charge in [-0.25, -0.2) is 0 Å². The number of carboxylic acids is 1. The second-order valence-corrected chi connectivity index (χ2v) is 6.79. The first-order valence-corrected chi connectivity index (χ1v) is 7.31. The predicted molar refractivity (Wildman–Crippen MR) is 74.0 cm³/mol. The summed E-state index contributed by atoms with van der Waals surface area (Å²) in [6.07, 6.45) is 0.170. The van der Waals surface area contributed by atoms with E-state index in [1.54, 1.807) is 11.8 Å². The van der Waals surface area contributed by atoms with Crippen molar-refractivity contribution in [3.63, 3.8) is 0 Å². The van der Waals surface area contributed by atoms with Crippen LogP contribution >= 0.6 is 11.8 Å². The molecule has 0 aliphatic carbocycles. The smallest absolute Gasteiger partial charge is 0.321 e. The zero-order chi connectivity index (χ0) is 13.8. The van der Waals surface area contributed by atoms with Crippen LogP contribution in [0.15, 0.2) is 0 Å². The summed E-state index contributed by atoms with van der Waals surface area (Å²) in [5.74, 6) is -0.169. The molecule has 106 valence electrons. The monoisotopic (exact) mass is 276 g/mol. The van der Waals surface area contributed by atoms with Crippen LogP contribution in [-0.4, -0.2) is 64.9 Å². The Morgan fingerprint density at radius 3 is 2.89 bits per heavy atom. The van der Waals surface area contributed by atoms with Gasteiger partial charge in [-0.1, -0.05) is 6.92 Å². The molecule has 1 rings (SSSR count). The fourth-order valence-electron chi connectivity index (χ4n) is 1.86. The largest absolute Gasteiger partial charge is 0.480 e. The third-order valence-corrected chi connectivity index (χ3v) is 4.86. The van der Waals surface area contributed by atoms with Crippen LogP contribution in [0.3, 0.4) is 0 Å². The summed E-state index contributed by atoms with van der Waals surface area (Å²) in [7, 11) is 0. The van der Waals surface area contributed by atoms with Crippen LogP contribution in [0, 0.1) is 0 Å². The van der Waals surface area contributed by atoms with Gasteiger partial charge >= 0.3 is 5.97 Å². The normalized spacial score (nSPS) is 23.9. The Morgan fingerprint density at radius 2 is 2.33 bits per heavy atom. The Kier molecular flexibility index (Phi) is 5.91. The molecular formula is C12H24N2O3S. The number of hydrogen-bond donors (Lipinski definition) is 2. The van der Waals surface area contributed by atoms with E-state index in [1.165, 1.54) is 0 Å². The van der Waals surface area contributed by atoms with Crippen LogP contribution in [0.25, 0.3) is 0 Å². The van der Waals surface area contributed by atoms with E-state index in [4.69, 9.17) is 15.6 Å². The fourth-order valence-corrected chi connectivity index (χ4v) is 2.96. The molecule has 18 heavy (non-hydrogen) atoms. The van der Waals surface area contributed by atoms with Crippen LogP contribution in [0.2, 0.25) is 0 Å². The van der Waals surface area contributed by atoms with E-state index >= 15 is 0 Å². The van der Waals surface area contributed by atoms with Gasteiger partial charge in [0.25, 0.3) is 0 Å². The molecule has 0 saturated carbocycles. The molecule has 0 aromatic carbocycles. The lowest BCUT2D eigenvalue weighted by atomic mass is 10.1. The Hall–Kier alpha value is -0.300. The Bertz CT molecular complexity index is 286. The van der Waals surface area contributed by atoms with Crippen LogP contribution in [0.5, 0.6) is 0 Å². The molecule has 1 fully saturated rings. The minimum Gasteiger partial charge on any atom is -0.480 e. The van der Waals surface area contributed by atoms with E-state index in [9.17, 15) is 4.79 Å². The highest BCUT2D eigenvalue weighted by Gasteiger charge is 2.33. The van der Waals surface area contributed by atoms with Crippen molar-refractivity contribution in [1.29, 1.82) is 0 Å². The fraction of sp³-hybridized carbons (Fsp3) is 0.917. The molecule has 0 amide bonds. The van der Waals surface area contributed by atoms with Crippen molar-refractivity contribution < 1.29 is 14.6 Å². The number of carbonyl (C=O) groups is 1. The van der Waals surface area contributed by atoms with Gasteiger partial charge in [0.05, 0.1) is 12.7 Å². The van der Waals surface area contributed by atoms with Crippen molar-refractivity contribution >= 4 is 17.7 Å². The first kappa shape index (κ1) is 15.8. The lowest BCUT2D eigenvalue weighted by molar-refractivity contribution is -0.139. The van der Waals surface area contributed by atoms with Gasteiger partial charge in [-0.05, 0) is 20.4 Å². The molecule has 1 saturated heterocycles. The maximum Gasteiger partial charge on any atom is 0.321 e. The first-order chi connectivity index (χ1) is 8.36. The highest BCUT2D eigenvalue weighted by Crippen LogP contribution is 2.29. The number of aliphatic carboxylic acids is 1. The maximum absolute atomic E-state index is 10.9. The van der Waals surface area contributed by atoms with Crippen LogP contribution in [0.4, 0.5) is 0 Å². The van der Waals surface area contributed by atoms with Crippen molar-refractivity contribution in [2.45, 2.75) is 37.7 Å². The lowest BCUT2D eigenvalue weighted by Gasteiger charge is -2.34. The number of likely N-dealkylation sites (N-methyl/N-ethyl adjacent to an activating group) is 1. The number of ether oxygens (including phenoxy) is 1. The standard InChI is InChI=1S/C12H24N2O3S/c1-4-14-5-6-17-9(7-14)8-18-12(2,3)10(13)11(15)16/h9-10H,4-8,13H2,1-3H3,(H,15,16)/t9?,10-/m0/s1. The molecule has 3 N–H and O–H groups in total. The molecule has 0 aromatic heterocycles. The minimum atomic E-state index is -0.952. The molecule has 6 heteroatoms. The van der Waals surface area contributed by atoms with Crippen LogP contribution in [0.1, 0.15) is 20.8 Å². The van der Waals surface area contributed by atoms with E-state index in [-0.39, 0.29) is 6.10 Å². The average molecular weight is 276 g/mol. The van der Waals surface area contributed by atoms with Gasteiger partial charge < -0.3 is 15.6 Å². The second kappa shape index (κ2) is 6.75. The molecule has 1 unspecified atom stereocenters. The molecule has 0 spiro atoms. The Labute approximate surface area is 113 Å². The number of nitrogens with zero attached hydrogens (tertiary/aromatic N) is 1. The number of hydrogen-bond acceptors (Lipinski definition) is 5. The zero-order valence-corrected chi connectivity index (χ0v) is 12.2. The summed E-state index contributed by atoms with van der Waals surface area (Å²) in [6.45, 7) is 9.57. The quantitative estimate of drug-likeness (QED) is 0.741. The number of rotatable bonds is 6. The van der Waals surface area contributed by atoms with Crippen LogP contribution in [-0.2, 0) is 9.53 Å². The lowest BCUT2D eigenvalue weighted by Crippen LogP contribution is -2.48. The van der Waals surface area contributed by atoms with E-state index in [0.29, 0.717) is 0 Å². The van der Waals surface area contributed by atoms with Crippen molar-refractivity contribution in [2.75, 3.05) is 32.0 Å². The van der Waals surface area contributed by atoms with Gasteiger partial charge in [0, 0.05) is 23.6 Å². The highest BCUT2D eigenvalue weighted by atomic mass is 32.2. The van der Waals surface area contributed by atoms with Gasteiger partial charge in [-0.15, -0.1) is 0 Å². The molecule has 2 atom stereocenters. The summed E-state index contributed by atoms with van der Waals surface area (Å²) in [5, 5.41) is 8.96. The summed E-state index contributed by atoms with van der Waals surface area (Å²) < 4.78 is 5.21. The maximum atomic E-state index is 10.9. The average Bonchev–Trinajstić information content (AvgIpc) is 2.35. The predicted octanol–water partition coefficient (Wildman–Crippen LogP) is 0.631. The van der Waals surface area contributed by atoms with Gasteiger partial charge in [-0.2, -0.15) is 11.8 Å². The molecule has 1 aliphatic heterocycles. The third kappa shape index (κ3) is 4.42. The van der Waals surface area contributed by atoms with Crippen molar-refractivity contribution in [3.8, 4) is 0 Å². The van der Waals surface area contributed by atoms with Crippen molar-refractivity contribution in [3.05, 3.63) is 0 Å². The number of nitrogens with two attached hydrogens (primary N) is 1. The Morgan fingerprint density at radius 1 is 1.67 bits per heavy atom. The summed E-state index contributed by atoms with van der Waals surface area (Å²) in [5.41, 5.74) is 5.69. The second-order valence-electron chi connectivity index (χ2n) is 5.12. The molecule has 0 radical (unpaired) electrons. The topological polar surface area (TPSA) is 75.8 Å². The summed E-state index contributed by atoms with van der Waals surface area (Å²) in [4.78, 5) is 13.3. The van der Waals surface area contributed by atoms with Gasteiger partial charge in [-0.3, -0.25) is 9.69 Å². The molecule has 5 nitrogen and oxygen atoms in total. The number of carboxylic acid groups (broad SMARTS) is 1. The first-order valence-electron chi connectivity index (χ1n) is 6.33. The van der Waals surface area contributed by atoms with Crippen molar-refractivity contribution in [1.82, 2.24) is 4.90 Å². The summed E-state index contributed by atoms with van der Waals surface area (Å²) >= 11 is 1.58. The molecule has 0 bridgehead atoms. The van der Waals surface area contributed by atoms with E-state index in [1.807, 2.05) is 13.8 Å². The van der Waals surface area contributed by atoms with Crippen molar-refractivity contribution in [2.24, 2.45) is 5.73 Å². The number of thioether (sulfide) groups is 1. The van der Waals surface area contributed by atoms with Gasteiger partial charge in [0.1, 0.15) is 6.04 Å². The number of morpholine rings is 1. The zero-order valence-electron chi connectivity index (χ0n) is 11.4. The minimum absolute atomic E-state index is 0.170. The highest BCUT2D eigenvalue weighted by molar-refractivity contribution is 8.00. The van der Waals surface area contributed by atoms with Gasteiger partial charge in [0.15, 0.2) is 0 Å². The van der Waals surface area contributed by atoms with E-state index in [0.717, 1.165) is 32.0 Å².